The summed E-state index contributed by atoms with van der Waals surface area (Å²) in [6.07, 6.45) is 0. The van der Waals surface area contributed by atoms with E-state index in [-0.39, 0.29) is 23.7 Å². The van der Waals surface area contributed by atoms with E-state index < -0.39 is 11.9 Å². The molecule has 0 saturated carbocycles. The molecule has 102 valence electrons. The third kappa shape index (κ3) is 4.07. The number of esters is 1. The van der Waals surface area contributed by atoms with Crippen molar-refractivity contribution in [3.8, 4) is 0 Å². The lowest BCUT2D eigenvalue weighted by atomic mass is 10.1. The smallest absolute Gasteiger partial charge is 0.337 e. The molecule has 7 nitrogen and oxygen atoms in total. The summed E-state index contributed by atoms with van der Waals surface area (Å²) in [5, 5.41) is 5.04. The molecular weight excluding hydrogens is 250 g/mol. The molecule has 4 N–H and O–H groups in total. The second-order valence-electron chi connectivity index (χ2n) is 3.69. The highest BCUT2D eigenvalue weighted by Gasteiger charge is 2.12. The molecule has 0 bridgehead atoms. The van der Waals surface area contributed by atoms with Gasteiger partial charge < -0.3 is 21.1 Å². The van der Waals surface area contributed by atoms with Crippen LogP contribution in [0.2, 0.25) is 0 Å². The second-order valence-corrected chi connectivity index (χ2v) is 3.69. The van der Waals surface area contributed by atoms with E-state index in [0.717, 1.165) is 0 Å². The maximum Gasteiger partial charge on any atom is 0.337 e. The van der Waals surface area contributed by atoms with Crippen LogP contribution in [0.4, 0.5) is 11.4 Å². The molecule has 0 aliphatic carbocycles. The van der Waals surface area contributed by atoms with Gasteiger partial charge in [-0.05, 0) is 18.2 Å². The normalized spacial score (nSPS) is 9.63. The van der Waals surface area contributed by atoms with Gasteiger partial charge in [-0.1, -0.05) is 0 Å². The van der Waals surface area contributed by atoms with E-state index in [0.29, 0.717) is 5.69 Å². The van der Waals surface area contributed by atoms with Crippen LogP contribution in [0.15, 0.2) is 18.2 Å². The van der Waals surface area contributed by atoms with Gasteiger partial charge in [0.15, 0.2) is 0 Å². The third-order valence-electron chi connectivity index (χ3n) is 2.21. The van der Waals surface area contributed by atoms with Crippen LogP contribution in [0.5, 0.6) is 0 Å². The van der Waals surface area contributed by atoms with Crippen LogP contribution in [0.1, 0.15) is 17.3 Å². The molecule has 1 aromatic rings. The minimum Gasteiger partial charge on any atom is -0.465 e. The lowest BCUT2D eigenvalue weighted by Crippen LogP contribution is -2.23. The first-order valence-electron chi connectivity index (χ1n) is 5.47. The number of methoxy groups -OCH3 is 1. The number of benzene rings is 1. The van der Waals surface area contributed by atoms with E-state index >= 15 is 0 Å². The van der Waals surface area contributed by atoms with E-state index in [1.807, 2.05) is 0 Å². The molecule has 0 saturated heterocycles. The monoisotopic (exact) mass is 265 g/mol. The van der Waals surface area contributed by atoms with Crippen molar-refractivity contribution in [3.63, 3.8) is 0 Å². The van der Waals surface area contributed by atoms with E-state index in [4.69, 9.17) is 5.73 Å². The Hall–Kier alpha value is -2.41. The summed E-state index contributed by atoms with van der Waals surface area (Å²) in [5.74, 6) is -1.28. The van der Waals surface area contributed by atoms with Gasteiger partial charge in [0.1, 0.15) is 0 Å². The largest absolute Gasteiger partial charge is 0.465 e. The Morgan fingerprint density at radius 1 is 1.21 bits per heavy atom. The maximum atomic E-state index is 11.4. The molecule has 0 aromatic heterocycles. The Labute approximate surface area is 110 Å². The standard InChI is InChI=1S/C12H15N3O4/c1-7(16)14-9-4-3-8(12(18)19-2)5-10(9)15-11(17)6-13/h3-5H,6,13H2,1-2H3,(H,14,16)(H,15,17). The van der Waals surface area contributed by atoms with Crippen molar-refractivity contribution in [1.29, 1.82) is 0 Å². The summed E-state index contributed by atoms with van der Waals surface area (Å²) in [6, 6.07) is 4.39. The molecule has 0 spiro atoms. The Balaban J connectivity index is 3.13. The van der Waals surface area contributed by atoms with Gasteiger partial charge in [0.25, 0.3) is 0 Å². The zero-order valence-electron chi connectivity index (χ0n) is 10.6. The first kappa shape index (κ1) is 14.7. The molecule has 2 amide bonds. The molecule has 1 rings (SSSR count). The quantitative estimate of drug-likeness (QED) is 0.679. The zero-order valence-corrected chi connectivity index (χ0v) is 10.6. The lowest BCUT2D eigenvalue weighted by Gasteiger charge is -2.12. The number of hydrogen-bond acceptors (Lipinski definition) is 5. The van der Waals surface area contributed by atoms with Crippen LogP contribution in [-0.4, -0.2) is 31.4 Å². The second kappa shape index (κ2) is 6.50. The number of nitrogens with one attached hydrogen (secondary N) is 2. The van der Waals surface area contributed by atoms with Gasteiger partial charge in [-0.15, -0.1) is 0 Å². The number of anilines is 2. The Bertz CT molecular complexity index is 514. The Morgan fingerprint density at radius 2 is 1.89 bits per heavy atom. The van der Waals surface area contributed by atoms with Gasteiger partial charge in [0, 0.05) is 6.92 Å². The first-order chi connectivity index (χ1) is 8.97. The fourth-order valence-electron chi connectivity index (χ4n) is 1.39. The Morgan fingerprint density at radius 3 is 2.42 bits per heavy atom. The molecule has 0 fully saturated rings. The van der Waals surface area contributed by atoms with E-state index in [2.05, 4.69) is 15.4 Å². The number of hydrogen-bond donors (Lipinski definition) is 3. The molecule has 0 atom stereocenters. The van der Waals surface area contributed by atoms with Gasteiger partial charge in [0.2, 0.25) is 11.8 Å². The predicted octanol–water partition coefficient (Wildman–Crippen LogP) is 0.329. The minimum absolute atomic E-state index is 0.206. The van der Waals surface area contributed by atoms with Crippen LogP contribution in [0.25, 0.3) is 0 Å². The highest BCUT2D eigenvalue weighted by molar-refractivity contribution is 6.01. The predicted molar refractivity (Wildman–Crippen MR) is 69.8 cm³/mol. The average molecular weight is 265 g/mol. The van der Waals surface area contributed by atoms with Crippen molar-refractivity contribution in [2.24, 2.45) is 5.73 Å². The molecule has 0 aliphatic heterocycles. The number of nitrogens with two attached hydrogens (primary N) is 1. The maximum absolute atomic E-state index is 11.4. The van der Waals surface area contributed by atoms with Crippen LogP contribution >= 0.6 is 0 Å². The van der Waals surface area contributed by atoms with E-state index in [1.165, 1.54) is 32.2 Å². The van der Waals surface area contributed by atoms with Gasteiger partial charge in [-0.2, -0.15) is 0 Å². The summed E-state index contributed by atoms with van der Waals surface area (Å²) < 4.78 is 4.58. The summed E-state index contributed by atoms with van der Waals surface area (Å²) in [7, 11) is 1.25. The van der Waals surface area contributed by atoms with E-state index in [9.17, 15) is 14.4 Å². The highest BCUT2D eigenvalue weighted by atomic mass is 16.5. The van der Waals surface area contributed by atoms with E-state index in [1.54, 1.807) is 0 Å². The number of carbonyl (C=O) groups is 3. The minimum atomic E-state index is -0.544. The molecule has 0 aliphatic rings. The number of rotatable bonds is 4. The van der Waals surface area contributed by atoms with Crippen LogP contribution < -0.4 is 16.4 Å². The highest BCUT2D eigenvalue weighted by Crippen LogP contribution is 2.23. The molecule has 7 heteroatoms. The van der Waals surface area contributed by atoms with Crippen LogP contribution in [-0.2, 0) is 14.3 Å². The van der Waals surface area contributed by atoms with Gasteiger partial charge in [-0.3, -0.25) is 9.59 Å². The summed E-state index contributed by atoms with van der Waals surface area (Å²) >= 11 is 0. The molecule has 0 heterocycles. The van der Waals surface area contributed by atoms with Crippen molar-refractivity contribution in [1.82, 2.24) is 0 Å². The van der Waals surface area contributed by atoms with Crippen molar-refractivity contribution in [2.45, 2.75) is 6.92 Å². The van der Waals surface area contributed by atoms with Gasteiger partial charge in [-0.25, -0.2) is 4.79 Å². The summed E-state index contributed by atoms with van der Waals surface area (Å²) in [4.78, 5) is 33.8. The summed E-state index contributed by atoms with van der Waals surface area (Å²) in [5.41, 5.74) is 6.12. The first-order valence-corrected chi connectivity index (χ1v) is 5.47. The molecule has 0 radical (unpaired) electrons. The van der Waals surface area contributed by atoms with Crippen molar-refractivity contribution < 1.29 is 19.1 Å². The van der Waals surface area contributed by atoms with Gasteiger partial charge in [0.05, 0.1) is 30.6 Å². The Kier molecular flexibility index (Phi) is 5.01. The fraction of sp³-hybridized carbons (Fsp3) is 0.250. The molecule has 1 aromatic carbocycles. The van der Waals surface area contributed by atoms with Crippen molar-refractivity contribution in [2.75, 3.05) is 24.3 Å². The number of carbonyl (C=O) groups excluding carboxylic acids is 3. The fourth-order valence-corrected chi connectivity index (χ4v) is 1.39. The number of ether oxygens (including phenoxy) is 1. The molecular formula is C12H15N3O4. The SMILES string of the molecule is COC(=O)c1ccc(NC(C)=O)c(NC(=O)CN)c1. The summed E-state index contributed by atoms with van der Waals surface area (Å²) in [6.45, 7) is 1.13. The van der Waals surface area contributed by atoms with Crippen LogP contribution in [0.3, 0.4) is 0 Å². The van der Waals surface area contributed by atoms with Crippen LogP contribution in [0, 0.1) is 0 Å². The van der Waals surface area contributed by atoms with Crippen molar-refractivity contribution in [3.05, 3.63) is 23.8 Å². The third-order valence-corrected chi connectivity index (χ3v) is 2.21. The zero-order chi connectivity index (χ0) is 14.4. The molecule has 0 unspecified atom stereocenters. The number of amides is 2. The lowest BCUT2D eigenvalue weighted by molar-refractivity contribution is -0.115. The average Bonchev–Trinajstić information content (AvgIpc) is 2.39. The van der Waals surface area contributed by atoms with Gasteiger partial charge >= 0.3 is 5.97 Å². The van der Waals surface area contributed by atoms with Crippen molar-refractivity contribution >= 4 is 29.2 Å². The topological polar surface area (TPSA) is 111 Å². The molecule has 19 heavy (non-hydrogen) atoms.